The van der Waals surface area contributed by atoms with Gasteiger partial charge in [0.1, 0.15) is 0 Å². The minimum absolute atomic E-state index is 0.250. The van der Waals surface area contributed by atoms with Crippen LogP contribution in [0.2, 0.25) is 0 Å². The largest absolute Gasteiger partial charge is 0.299 e. The van der Waals surface area contributed by atoms with Crippen LogP contribution in [0.1, 0.15) is 6.42 Å². The van der Waals surface area contributed by atoms with E-state index in [1.54, 1.807) is 55.6 Å². The summed E-state index contributed by atoms with van der Waals surface area (Å²) in [4.78, 5) is 16.5. The maximum atomic E-state index is 11.2. The first kappa shape index (κ1) is 14.0. The average molecular weight is 273 g/mol. The third kappa shape index (κ3) is 2.77. The third-order valence-corrected chi connectivity index (χ3v) is 3.14. The summed E-state index contributed by atoms with van der Waals surface area (Å²) >= 11 is 0. The smallest absolute Gasteiger partial charge is 0.262 e. The van der Waals surface area contributed by atoms with E-state index < -0.39 is 5.66 Å². The highest BCUT2D eigenvalue weighted by atomic mass is 16.6. The maximum Gasteiger partial charge on any atom is 0.299 e. The number of likely N-dealkylation sites (N-methyl/N-ethyl adjacent to an activating group) is 1. The van der Waals surface area contributed by atoms with E-state index >= 15 is 0 Å². The van der Waals surface area contributed by atoms with Gasteiger partial charge in [-0.05, 0) is 38.4 Å². The normalized spacial score (nSPS) is 22.2. The van der Waals surface area contributed by atoms with Crippen molar-refractivity contribution >= 4 is 5.82 Å². The fraction of sp³-hybridized carbons (Fsp3) is 0.308. The lowest BCUT2D eigenvalue weighted by molar-refractivity contribution is -0.582. The van der Waals surface area contributed by atoms with Crippen LogP contribution in [0.4, 0.5) is 5.82 Å². The van der Waals surface area contributed by atoms with Crippen LogP contribution < -0.4 is 0 Å². The SMILES string of the molecule is CN(C)C1([N+](=O)[O-])C=CC(N=Nc2ccccn2)=CC1. The Bertz CT molecular complexity index is 580. The predicted octanol–water partition coefficient (Wildman–Crippen LogP) is 2.54. The molecule has 1 aliphatic carbocycles. The van der Waals surface area contributed by atoms with Crippen LogP contribution in [-0.4, -0.2) is 34.6 Å². The van der Waals surface area contributed by atoms with Crippen LogP contribution in [0.3, 0.4) is 0 Å². The predicted molar refractivity (Wildman–Crippen MR) is 74.0 cm³/mol. The monoisotopic (exact) mass is 273 g/mol. The summed E-state index contributed by atoms with van der Waals surface area (Å²) in [5, 5.41) is 19.2. The van der Waals surface area contributed by atoms with E-state index in [9.17, 15) is 10.1 Å². The molecule has 1 aromatic rings. The zero-order chi connectivity index (χ0) is 14.6. The average Bonchev–Trinajstić information content (AvgIpc) is 2.46. The van der Waals surface area contributed by atoms with Crippen molar-refractivity contribution in [1.82, 2.24) is 9.88 Å². The zero-order valence-corrected chi connectivity index (χ0v) is 11.3. The number of allylic oxidation sites excluding steroid dienone is 1. The lowest BCUT2D eigenvalue weighted by Crippen LogP contribution is -2.49. The van der Waals surface area contributed by atoms with E-state index in [1.165, 1.54) is 0 Å². The summed E-state index contributed by atoms with van der Waals surface area (Å²) in [7, 11) is 3.36. The van der Waals surface area contributed by atoms with Gasteiger partial charge in [0, 0.05) is 17.2 Å². The van der Waals surface area contributed by atoms with Crippen LogP contribution in [0.5, 0.6) is 0 Å². The Kier molecular flexibility index (Phi) is 3.99. The molecule has 0 spiro atoms. The molecule has 0 amide bonds. The van der Waals surface area contributed by atoms with Gasteiger partial charge >= 0.3 is 0 Å². The van der Waals surface area contributed by atoms with Gasteiger partial charge in [0.15, 0.2) is 5.82 Å². The Morgan fingerprint density at radius 1 is 1.40 bits per heavy atom. The van der Waals surface area contributed by atoms with Crippen molar-refractivity contribution in [3.8, 4) is 0 Å². The summed E-state index contributed by atoms with van der Waals surface area (Å²) in [6.07, 6.45) is 6.73. The molecule has 0 radical (unpaired) electrons. The zero-order valence-electron chi connectivity index (χ0n) is 11.3. The molecular formula is C13H15N5O2. The van der Waals surface area contributed by atoms with Crippen molar-refractivity contribution in [2.75, 3.05) is 14.1 Å². The van der Waals surface area contributed by atoms with Crippen molar-refractivity contribution in [3.63, 3.8) is 0 Å². The molecule has 1 aromatic heterocycles. The van der Waals surface area contributed by atoms with E-state index in [0.717, 1.165) is 0 Å². The second kappa shape index (κ2) is 5.70. The second-order valence-electron chi connectivity index (χ2n) is 4.58. The molecule has 1 atom stereocenters. The highest BCUT2D eigenvalue weighted by molar-refractivity contribution is 5.28. The minimum atomic E-state index is -1.20. The summed E-state index contributed by atoms with van der Waals surface area (Å²) in [6.45, 7) is 0. The number of pyridine rings is 1. The lowest BCUT2D eigenvalue weighted by atomic mass is 9.99. The van der Waals surface area contributed by atoms with Gasteiger partial charge < -0.3 is 0 Å². The molecule has 0 bridgehead atoms. The quantitative estimate of drug-likeness (QED) is 0.365. The van der Waals surface area contributed by atoms with Gasteiger partial charge in [-0.1, -0.05) is 6.07 Å². The molecule has 0 saturated heterocycles. The maximum absolute atomic E-state index is 11.2. The first-order valence-corrected chi connectivity index (χ1v) is 6.09. The standard InChI is InChI=1S/C13H15N5O2/c1-17(2)13(18(19)20)8-6-11(7-9-13)15-16-12-5-3-4-10-14-12/h3-8,10H,9H2,1-2H3. The van der Waals surface area contributed by atoms with Crippen molar-refractivity contribution < 1.29 is 4.92 Å². The van der Waals surface area contributed by atoms with Crippen LogP contribution in [0.25, 0.3) is 0 Å². The number of aromatic nitrogens is 1. The van der Waals surface area contributed by atoms with Crippen molar-refractivity contribution in [2.45, 2.75) is 12.1 Å². The molecule has 7 nitrogen and oxygen atoms in total. The van der Waals surface area contributed by atoms with Crippen molar-refractivity contribution in [3.05, 3.63) is 58.4 Å². The number of rotatable bonds is 4. The van der Waals surface area contributed by atoms with E-state index in [0.29, 0.717) is 11.5 Å². The Hall–Kier alpha value is -2.41. The van der Waals surface area contributed by atoms with Gasteiger partial charge in [-0.3, -0.25) is 10.1 Å². The fourth-order valence-electron chi connectivity index (χ4n) is 1.84. The first-order chi connectivity index (χ1) is 9.54. The highest BCUT2D eigenvalue weighted by Gasteiger charge is 2.43. The topological polar surface area (TPSA) is 84.0 Å². The van der Waals surface area contributed by atoms with Gasteiger partial charge in [0.25, 0.3) is 5.66 Å². The fourth-order valence-corrected chi connectivity index (χ4v) is 1.84. The summed E-state index contributed by atoms with van der Waals surface area (Å²) in [5.74, 6) is 0.500. The van der Waals surface area contributed by atoms with E-state index in [-0.39, 0.29) is 11.3 Å². The van der Waals surface area contributed by atoms with Gasteiger partial charge in [-0.15, -0.1) is 10.2 Å². The summed E-state index contributed by atoms with van der Waals surface area (Å²) in [5.41, 5.74) is -0.612. The van der Waals surface area contributed by atoms with Gasteiger partial charge in [0.05, 0.1) is 12.1 Å². The van der Waals surface area contributed by atoms with Crippen LogP contribution in [-0.2, 0) is 0 Å². The first-order valence-electron chi connectivity index (χ1n) is 6.09. The third-order valence-electron chi connectivity index (χ3n) is 3.14. The lowest BCUT2D eigenvalue weighted by Gasteiger charge is -2.29. The second-order valence-corrected chi connectivity index (χ2v) is 4.58. The van der Waals surface area contributed by atoms with Crippen molar-refractivity contribution in [2.24, 2.45) is 10.2 Å². The van der Waals surface area contributed by atoms with E-state index in [1.807, 2.05) is 6.07 Å². The molecular weight excluding hydrogens is 258 g/mol. The van der Waals surface area contributed by atoms with Gasteiger partial charge in [-0.2, -0.15) is 0 Å². The number of nitro groups is 1. The van der Waals surface area contributed by atoms with Crippen LogP contribution in [0, 0.1) is 10.1 Å². The minimum Gasteiger partial charge on any atom is -0.262 e. The molecule has 0 aromatic carbocycles. The van der Waals surface area contributed by atoms with Crippen molar-refractivity contribution in [1.29, 1.82) is 0 Å². The molecule has 1 aliphatic rings. The number of hydrogen-bond donors (Lipinski definition) is 0. The molecule has 104 valence electrons. The Balaban J connectivity index is 2.13. The molecule has 0 fully saturated rings. The molecule has 7 heteroatoms. The van der Waals surface area contributed by atoms with Crippen LogP contribution in [0.15, 0.2) is 58.5 Å². The Morgan fingerprint density at radius 3 is 2.70 bits per heavy atom. The highest BCUT2D eigenvalue weighted by Crippen LogP contribution is 2.27. The van der Waals surface area contributed by atoms with Gasteiger partial charge in [-0.25, -0.2) is 9.88 Å². The van der Waals surface area contributed by atoms with Gasteiger partial charge in [0.2, 0.25) is 0 Å². The Morgan fingerprint density at radius 2 is 2.20 bits per heavy atom. The summed E-state index contributed by atoms with van der Waals surface area (Å²) in [6, 6.07) is 5.34. The molecule has 1 unspecified atom stereocenters. The van der Waals surface area contributed by atoms with E-state index in [2.05, 4.69) is 15.2 Å². The van der Waals surface area contributed by atoms with Crippen LogP contribution >= 0.6 is 0 Å². The number of hydrogen-bond acceptors (Lipinski definition) is 6. The number of azo groups is 1. The molecule has 1 heterocycles. The molecule has 0 N–H and O–H groups in total. The number of nitrogens with zero attached hydrogens (tertiary/aromatic N) is 5. The summed E-state index contributed by atoms with van der Waals surface area (Å²) < 4.78 is 0. The Labute approximate surface area is 116 Å². The molecule has 0 aliphatic heterocycles. The molecule has 20 heavy (non-hydrogen) atoms. The van der Waals surface area contributed by atoms with E-state index in [4.69, 9.17) is 0 Å². The molecule has 2 rings (SSSR count). The molecule has 0 saturated carbocycles.